The van der Waals surface area contributed by atoms with E-state index in [1.807, 2.05) is 19.9 Å². The fourth-order valence-corrected chi connectivity index (χ4v) is 4.09. The highest BCUT2D eigenvalue weighted by Crippen LogP contribution is 2.39. The second-order valence-electron chi connectivity index (χ2n) is 9.25. The standard InChI is InChI=1S/C27H23F2N5O3/c1-15-7-16(10-30)3-4-18(15)19-11-32-25-23(19)22(5-6-31-25)37-24-20(28)8-17(9-21(24)29)34-26-33-12-27(2,13-35)14-36-26/h3-9,11,35H,12-14H2,1-2H3,(H,31,32)(H,33,34). The molecule has 0 saturated heterocycles. The smallest absolute Gasteiger partial charge is 0.289 e. The van der Waals surface area contributed by atoms with Crippen LogP contribution in [-0.4, -0.2) is 40.9 Å². The number of aliphatic imine (C=N–C) groups is 1. The minimum atomic E-state index is -0.921. The van der Waals surface area contributed by atoms with Crippen molar-refractivity contribution in [1.29, 1.82) is 5.26 Å². The minimum absolute atomic E-state index is 0.0883. The van der Waals surface area contributed by atoms with E-state index in [1.165, 1.54) is 12.3 Å². The van der Waals surface area contributed by atoms with Crippen LogP contribution in [0.5, 0.6) is 11.5 Å². The van der Waals surface area contributed by atoms with Crippen LogP contribution < -0.4 is 10.1 Å². The zero-order chi connectivity index (χ0) is 26.2. The normalized spacial score (nSPS) is 17.1. The molecule has 8 nitrogen and oxygen atoms in total. The van der Waals surface area contributed by atoms with Crippen LogP contribution in [0.4, 0.5) is 14.5 Å². The van der Waals surface area contributed by atoms with Crippen molar-refractivity contribution in [2.45, 2.75) is 13.8 Å². The molecule has 3 N–H and O–H groups in total. The SMILES string of the molecule is Cc1cc(C#N)ccc1-c1c[nH]c2nccc(Oc3c(F)cc(NC4=NCC(C)(CO)CO4)cc3F)c12. The van der Waals surface area contributed by atoms with Gasteiger partial charge >= 0.3 is 0 Å². The molecule has 4 aromatic rings. The summed E-state index contributed by atoms with van der Waals surface area (Å²) in [6, 6.07) is 11.2. The number of nitrogens with one attached hydrogen (secondary N) is 2. The molecule has 1 unspecified atom stereocenters. The van der Waals surface area contributed by atoms with Gasteiger partial charge in [0.25, 0.3) is 6.02 Å². The predicted molar refractivity (Wildman–Crippen MR) is 134 cm³/mol. The van der Waals surface area contributed by atoms with Crippen molar-refractivity contribution >= 4 is 22.7 Å². The molecule has 2 aromatic heterocycles. The number of amidine groups is 1. The first kappa shape index (κ1) is 24.2. The van der Waals surface area contributed by atoms with Gasteiger partial charge in [-0.2, -0.15) is 5.26 Å². The maximum atomic E-state index is 15.1. The number of anilines is 1. The van der Waals surface area contributed by atoms with Gasteiger partial charge in [-0.25, -0.2) is 18.8 Å². The molecule has 0 amide bonds. The quantitative estimate of drug-likeness (QED) is 0.341. The fourth-order valence-electron chi connectivity index (χ4n) is 4.09. The van der Waals surface area contributed by atoms with E-state index in [1.54, 1.807) is 18.3 Å². The van der Waals surface area contributed by atoms with Crippen molar-refractivity contribution in [3.8, 4) is 28.7 Å². The van der Waals surface area contributed by atoms with Crippen molar-refractivity contribution in [2.24, 2.45) is 10.4 Å². The van der Waals surface area contributed by atoms with Crippen LogP contribution in [0.15, 0.2) is 53.8 Å². The van der Waals surface area contributed by atoms with Gasteiger partial charge in [-0.3, -0.25) is 0 Å². The molecule has 1 aliphatic heterocycles. The lowest BCUT2D eigenvalue weighted by atomic mass is 9.93. The number of hydrogen-bond donors (Lipinski definition) is 3. The molecule has 2 aromatic carbocycles. The Morgan fingerprint density at radius 2 is 2.00 bits per heavy atom. The molecule has 37 heavy (non-hydrogen) atoms. The second-order valence-corrected chi connectivity index (χ2v) is 9.25. The predicted octanol–water partition coefficient (Wildman–Crippen LogP) is 5.28. The van der Waals surface area contributed by atoms with E-state index in [0.717, 1.165) is 28.8 Å². The summed E-state index contributed by atoms with van der Waals surface area (Å²) in [6.07, 6.45) is 3.22. The maximum absolute atomic E-state index is 15.1. The van der Waals surface area contributed by atoms with E-state index in [-0.39, 0.29) is 30.7 Å². The molecule has 1 atom stereocenters. The van der Waals surface area contributed by atoms with Gasteiger partial charge in [0.15, 0.2) is 17.4 Å². The number of ether oxygens (including phenoxy) is 2. The number of aryl methyl sites for hydroxylation is 1. The molecule has 188 valence electrons. The number of pyridine rings is 1. The third-order valence-corrected chi connectivity index (χ3v) is 6.19. The Kier molecular flexibility index (Phi) is 6.23. The summed E-state index contributed by atoms with van der Waals surface area (Å²) in [5.74, 6) is -2.20. The summed E-state index contributed by atoms with van der Waals surface area (Å²) in [5, 5.41) is 21.9. The average molecular weight is 504 g/mol. The topological polar surface area (TPSA) is 116 Å². The number of nitrogens with zero attached hydrogens (tertiary/aromatic N) is 3. The number of nitriles is 1. The van der Waals surface area contributed by atoms with E-state index < -0.39 is 22.8 Å². The minimum Gasteiger partial charge on any atom is -0.464 e. The molecule has 10 heteroatoms. The highest BCUT2D eigenvalue weighted by molar-refractivity contribution is 5.99. The van der Waals surface area contributed by atoms with Crippen molar-refractivity contribution < 1.29 is 23.4 Å². The molecule has 0 aliphatic carbocycles. The Morgan fingerprint density at radius 3 is 2.65 bits per heavy atom. The van der Waals surface area contributed by atoms with Crippen LogP contribution in [0.3, 0.4) is 0 Å². The summed E-state index contributed by atoms with van der Waals surface area (Å²) >= 11 is 0. The number of hydrogen-bond acceptors (Lipinski definition) is 7. The number of aliphatic hydroxyl groups excluding tert-OH is 1. The molecular weight excluding hydrogens is 480 g/mol. The summed E-state index contributed by atoms with van der Waals surface area (Å²) in [6.45, 7) is 4.15. The number of rotatable bonds is 5. The number of aliphatic hydroxyl groups is 1. The van der Waals surface area contributed by atoms with Crippen LogP contribution in [0, 0.1) is 35.3 Å². The number of benzene rings is 2. The Labute approximate surface area is 211 Å². The molecule has 1 aliphatic rings. The monoisotopic (exact) mass is 503 g/mol. The summed E-state index contributed by atoms with van der Waals surface area (Å²) in [7, 11) is 0. The molecular formula is C27H23F2N5O3. The van der Waals surface area contributed by atoms with Gasteiger partial charge in [0.05, 0.1) is 30.2 Å². The van der Waals surface area contributed by atoms with Crippen LogP contribution >= 0.6 is 0 Å². The molecule has 0 radical (unpaired) electrons. The van der Waals surface area contributed by atoms with Crippen molar-refractivity contribution in [3.05, 3.63) is 71.6 Å². The molecule has 0 saturated carbocycles. The third-order valence-electron chi connectivity index (χ3n) is 6.19. The van der Waals surface area contributed by atoms with Gasteiger partial charge in [-0.15, -0.1) is 0 Å². The first-order chi connectivity index (χ1) is 17.8. The third kappa shape index (κ3) is 4.69. The maximum Gasteiger partial charge on any atom is 0.289 e. The van der Waals surface area contributed by atoms with E-state index >= 15 is 8.78 Å². The molecule has 5 rings (SSSR count). The number of fused-ring (bicyclic) bond motifs is 1. The lowest BCUT2D eigenvalue weighted by Gasteiger charge is -2.30. The molecule has 0 bridgehead atoms. The molecule has 3 heterocycles. The van der Waals surface area contributed by atoms with Crippen LogP contribution in [0.2, 0.25) is 0 Å². The van der Waals surface area contributed by atoms with E-state index in [9.17, 15) is 10.4 Å². The van der Waals surface area contributed by atoms with Gasteiger partial charge in [-0.05, 0) is 36.2 Å². The van der Waals surface area contributed by atoms with Crippen molar-refractivity contribution in [3.63, 3.8) is 0 Å². The number of halogens is 2. The lowest BCUT2D eigenvalue weighted by Crippen LogP contribution is -2.38. The second kappa shape index (κ2) is 9.52. The number of aromatic amines is 1. The average Bonchev–Trinajstić information content (AvgIpc) is 3.32. The zero-order valence-electron chi connectivity index (χ0n) is 20.1. The number of aromatic nitrogens is 2. The van der Waals surface area contributed by atoms with Gasteiger partial charge in [0.1, 0.15) is 18.0 Å². The number of H-pyrrole nitrogens is 1. The lowest BCUT2D eigenvalue weighted by molar-refractivity contribution is 0.0706. The Bertz CT molecular complexity index is 1550. The van der Waals surface area contributed by atoms with E-state index in [0.29, 0.717) is 23.1 Å². The zero-order valence-corrected chi connectivity index (χ0v) is 20.1. The van der Waals surface area contributed by atoms with Crippen LogP contribution in [-0.2, 0) is 4.74 Å². The van der Waals surface area contributed by atoms with Gasteiger partial charge in [-0.1, -0.05) is 13.0 Å². The van der Waals surface area contributed by atoms with Gasteiger partial charge in [0.2, 0.25) is 0 Å². The van der Waals surface area contributed by atoms with Gasteiger partial charge in [0, 0.05) is 41.2 Å². The largest absolute Gasteiger partial charge is 0.464 e. The van der Waals surface area contributed by atoms with Crippen molar-refractivity contribution in [2.75, 3.05) is 25.1 Å². The van der Waals surface area contributed by atoms with Crippen molar-refractivity contribution in [1.82, 2.24) is 9.97 Å². The highest BCUT2D eigenvalue weighted by Gasteiger charge is 2.29. The van der Waals surface area contributed by atoms with Crippen LogP contribution in [0.1, 0.15) is 18.1 Å². The molecule has 0 spiro atoms. The summed E-state index contributed by atoms with van der Waals surface area (Å²) < 4.78 is 41.4. The Balaban J connectivity index is 1.46. The van der Waals surface area contributed by atoms with E-state index in [2.05, 4.69) is 26.3 Å². The first-order valence-corrected chi connectivity index (χ1v) is 11.5. The van der Waals surface area contributed by atoms with Gasteiger partial charge < -0.3 is 24.9 Å². The summed E-state index contributed by atoms with van der Waals surface area (Å²) in [4.78, 5) is 11.6. The first-order valence-electron chi connectivity index (χ1n) is 11.5. The summed E-state index contributed by atoms with van der Waals surface area (Å²) in [5.41, 5.74) is 3.02. The Hall–Kier alpha value is -4.49. The van der Waals surface area contributed by atoms with E-state index in [4.69, 9.17) is 9.47 Å². The highest BCUT2D eigenvalue weighted by atomic mass is 19.1. The van der Waals surface area contributed by atoms with Crippen LogP contribution in [0.25, 0.3) is 22.2 Å². The fraction of sp³-hybridized carbons (Fsp3) is 0.222. The Morgan fingerprint density at radius 1 is 1.22 bits per heavy atom. The molecule has 0 fully saturated rings.